The first-order valence-corrected chi connectivity index (χ1v) is 5.99. The normalized spacial score (nSPS) is 35.3. The Balaban J connectivity index is 1.95. The van der Waals surface area contributed by atoms with Gasteiger partial charge in [-0.05, 0) is 13.0 Å². The van der Waals surface area contributed by atoms with Crippen molar-refractivity contribution in [1.29, 1.82) is 0 Å². The van der Waals surface area contributed by atoms with Gasteiger partial charge in [-0.2, -0.15) is 4.98 Å². The first-order chi connectivity index (χ1) is 9.08. The second-order valence-corrected chi connectivity index (χ2v) is 4.65. The van der Waals surface area contributed by atoms with Crippen LogP contribution in [0.5, 0.6) is 0 Å². The van der Waals surface area contributed by atoms with E-state index >= 15 is 0 Å². The van der Waals surface area contributed by atoms with Crippen LogP contribution in [0, 0.1) is 0 Å². The zero-order valence-corrected chi connectivity index (χ0v) is 10.3. The maximum atomic E-state index is 11.8. The zero-order chi connectivity index (χ0) is 13.6. The number of aromatic nitrogens is 2. The fourth-order valence-electron chi connectivity index (χ4n) is 2.46. The smallest absolute Gasteiger partial charge is 0.351 e. The van der Waals surface area contributed by atoms with E-state index in [-0.39, 0.29) is 12.6 Å². The number of nitrogens with zero attached hydrogens (tertiary/aromatic N) is 2. The lowest BCUT2D eigenvalue weighted by atomic mass is 10.1. The molecule has 2 saturated heterocycles. The molecule has 2 aliphatic heterocycles. The zero-order valence-electron chi connectivity index (χ0n) is 10.3. The average Bonchev–Trinajstić information content (AvgIpc) is 2.90. The highest BCUT2D eigenvalue weighted by Gasteiger charge is 2.52. The number of hydrogen-bond donors (Lipinski definition) is 2. The molecule has 0 unspecified atom stereocenters. The van der Waals surface area contributed by atoms with Gasteiger partial charge in [0.2, 0.25) is 0 Å². The Morgan fingerprint density at radius 3 is 2.95 bits per heavy atom. The fraction of sp³-hybridized carbons (Fsp3) is 0.636. The molecule has 0 aliphatic carbocycles. The number of nitrogen functional groups attached to an aromatic ring is 1. The molecule has 0 spiro atoms. The first-order valence-electron chi connectivity index (χ1n) is 5.99. The number of fused-ring (bicyclic) bond motifs is 1. The van der Waals surface area contributed by atoms with E-state index in [9.17, 15) is 9.90 Å². The molecule has 0 bridgehead atoms. The predicted molar refractivity (Wildman–Crippen MR) is 63.1 cm³/mol. The largest absolute Gasteiger partial charge is 0.391 e. The van der Waals surface area contributed by atoms with Crippen LogP contribution in [0.1, 0.15) is 13.2 Å². The highest BCUT2D eigenvalue weighted by molar-refractivity contribution is 5.23. The third-order valence-corrected chi connectivity index (χ3v) is 3.35. The minimum absolute atomic E-state index is 0.121. The van der Waals surface area contributed by atoms with Crippen LogP contribution in [0.25, 0.3) is 0 Å². The van der Waals surface area contributed by atoms with E-state index in [2.05, 4.69) is 4.98 Å². The molecule has 1 aromatic heterocycles. The monoisotopic (exact) mass is 269 g/mol. The van der Waals surface area contributed by atoms with Gasteiger partial charge in [-0.3, -0.25) is 4.57 Å². The summed E-state index contributed by atoms with van der Waals surface area (Å²) in [4.78, 5) is 15.5. The summed E-state index contributed by atoms with van der Waals surface area (Å²) in [7, 11) is 0. The van der Waals surface area contributed by atoms with Crippen molar-refractivity contribution in [2.75, 3.05) is 12.5 Å². The van der Waals surface area contributed by atoms with Crippen LogP contribution in [0.4, 0.5) is 5.82 Å². The number of aliphatic hydroxyl groups excluding tert-OH is 1. The maximum absolute atomic E-state index is 11.8. The van der Waals surface area contributed by atoms with Gasteiger partial charge in [0.1, 0.15) is 30.9 Å². The molecule has 5 atom stereocenters. The molecule has 2 aliphatic rings. The van der Waals surface area contributed by atoms with Gasteiger partial charge < -0.3 is 25.1 Å². The Morgan fingerprint density at radius 1 is 1.53 bits per heavy atom. The Morgan fingerprint density at radius 2 is 2.26 bits per heavy atom. The molecule has 8 heteroatoms. The Kier molecular flexibility index (Phi) is 3.02. The molecule has 0 radical (unpaired) electrons. The SMILES string of the molecule is C[C@@H](O)[C@H]1O[C@@H](n2ccc(N)nc2=O)[C@@H]2OCO[C@@H]21. The van der Waals surface area contributed by atoms with Crippen molar-refractivity contribution in [3.8, 4) is 0 Å². The minimum Gasteiger partial charge on any atom is -0.391 e. The molecule has 104 valence electrons. The number of rotatable bonds is 2. The van der Waals surface area contributed by atoms with E-state index in [1.165, 1.54) is 16.8 Å². The molecule has 0 aromatic carbocycles. The quantitative estimate of drug-likeness (QED) is 0.697. The second-order valence-electron chi connectivity index (χ2n) is 4.65. The lowest BCUT2D eigenvalue weighted by molar-refractivity contribution is -0.127. The number of anilines is 1. The van der Waals surface area contributed by atoms with E-state index < -0.39 is 36.3 Å². The van der Waals surface area contributed by atoms with Gasteiger partial charge >= 0.3 is 5.69 Å². The average molecular weight is 269 g/mol. The van der Waals surface area contributed by atoms with Gasteiger partial charge in [0.15, 0.2) is 6.23 Å². The summed E-state index contributed by atoms with van der Waals surface area (Å²) < 4.78 is 17.8. The van der Waals surface area contributed by atoms with E-state index in [1.54, 1.807) is 6.92 Å². The van der Waals surface area contributed by atoms with Crippen LogP contribution < -0.4 is 11.4 Å². The van der Waals surface area contributed by atoms with Gasteiger partial charge in [0.05, 0.1) is 6.10 Å². The summed E-state index contributed by atoms with van der Waals surface area (Å²) in [5, 5.41) is 9.69. The van der Waals surface area contributed by atoms with Crippen molar-refractivity contribution in [3.63, 3.8) is 0 Å². The van der Waals surface area contributed by atoms with Crippen LogP contribution >= 0.6 is 0 Å². The minimum atomic E-state index is -0.725. The van der Waals surface area contributed by atoms with Gasteiger partial charge in [-0.1, -0.05) is 0 Å². The highest BCUT2D eigenvalue weighted by atomic mass is 16.7. The summed E-state index contributed by atoms with van der Waals surface area (Å²) in [6.07, 6.45) is -1.28. The molecule has 2 fully saturated rings. The summed E-state index contributed by atoms with van der Waals surface area (Å²) in [6.45, 7) is 1.73. The van der Waals surface area contributed by atoms with Crippen LogP contribution in [0.15, 0.2) is 17.1 Å². The highest BCUT2D eigenvalue weighted by Crippen LogP contribution is 2.37. The molecule has 1 aromatic rings. The van der Waals surface area contributed by atoms with Crippen LogP contribution in [0.2, 0.25) is 0 Å². The second kappa shape index (κ2) is 4.57. The number of nitrogens with two attached hydrogens (primary N) is 1. The molecule has 0 amide bonds. The standard InChI is InChI=1S/C11H15N3O5/c1-5(15)7-8-9(18-4-17-8)10(19-7)14-3-2-6(12)13-11(14)16/h2-3,5,7-10,15H,4H2,1H3,(H2,12,13,16)/t5-,7-,8-,9-,10-/m1/s1. The van der Waals surface area contributed by atoms with Crippen molar-refractivity contribution >= 4 is 5.82 Å². The van der Waals surface area contributed by atoms with Crippen LogP contribution in [-0.4, -0.2) is 45.9 Å². The van der Waals surface area contributed by atoms with Crippen LogP contribution in [-0.2, 0) is 14.2 Å². The molecule has 3 heterocycles. The van der Waals surface area contributed by atoms with E-state index in [4.69, 9.17) is 19.9 Å². The summed E-state index contributed by atoms with van der Waals surface area (Å²) >= 11 is 0. The number of hydrogen-bond acceptors (Lipinski definition) is 7. The molecule has 19 heavy (non-hydrogen) atoms. The van der Waals surface area contributed by atoms with E-state index in [0.717, 1.165) is 0 Å². The molecule has 0 saturated carbocycles. The number of aliphatic hydroxyl groups is 1. The van der Waals surface area contributed by atoms with Gasteiger partial charge in [0.25, 0.3) is 0 Å². The third kappa shape index (κ3) is 2.02. The lowest BCUT2D eigenvalue weighted by Crippen LogP contribution is -2.36. The van der Waals surface area contributed by atoms with E-state index in [0.29, 0.717) is 0 Å². The summed E-state index contributed by atoms with van der Waals surface area (Å²) in [5.41, 5.74) is 4.92. The van der Waals surface area contributed by atoms with Gasteiger partial charge in [0, 0.05) is 6.20 Å². The van der Waals surface area contributed by atoms with E-state index in [1.807, 2.05) is 0 Å². The molecule has 3 N–H and O–H groups in total. The summed E-state index contributed by atoms with van der Waals surface area (Å²) in [6, 6.07) is 1.51. The first kappa shape index (κ1) is 12.5. The van der Waals surface area contributed by atoms with Crippen molar-refractivity contribution in [3.05, 3.63) is 22.7 Å². The van der Waals surface area contributed by atoms with Crippen molar-refractivity contribution < 1.29 is 19.3 Å². The molecule has 3 rings (SSSR count). The summed E-state index contributed by atoms with van der Waals surface area (Å²) in [5.74, 6) is 0.145. The predicted octanol–water partition coefficient (Wildman–Crippen LogP) is -1.15. The number of ether oxygens (including phenoxy) is 3. The van der Waals surface area contributed by atoms with Crippen molar-refractivity contribution in [1.82, 2.24) is 9.55 Å². The van der Waals surface area contributed by atoms with Crippen molar-refractivity contribution in [2.45, 2.75) is 37.6 Å². The molecular formula is C11H15N3O5. The van der Waals surface area contributed by atoms with Crippen molar-refractivity contribution in [2.24, 2.45) is 0 Å². The van der Waals surface area contributed by atoms with Crippen LogP contribution in [0.3, 0.4) is 0 Å². The Bertz CT molecular complexity index is 531. The molecule has 8 nitrogen and oxygen atoms in total. The lowest BCUT2D eigenvalue weighted by Gasteiger charge is -2.19. The Labute approximate surface area is 108 Å². The van der Waals surface area contributed by atoms with Gasteiger partial charge in [-0.15, -0.1) is 0 Å². The van der Waals surface area contributed by atoms with Gasteiger partial charge in [-0.25, -0.2) is 4.79 Å². The fourth-order valence-corrected chi connectivity index (χ4v) is 2.46. The molecular weight excluding hydrogens is 254 g/mol. The topological polar surface area (TPSA) is 109 Å². The maximum Gasteiger partial charge on any atom is 0.351 e. The Hall–Kier alpha value is -1.48. The third-order valence-electron chi connectivity index (χ3n) is 3.35.